The molecule has 0 aliphatic carbocycles. The third-order valence-corrected chi connectivity index (χ3v) is 1.58. The van der Waals surface area contributed by atoms with Gasteiger partial charge in [-0.1, -0.05) is 6.92 Å². The maximum Gasteiger partial charge on any atom is 0.405 e. The van der Waals surface area contributed by atoms with Crippen LogP contribution < -0.4 is 5.73 Å². The number of amides is 1. The summed E-state index contributed by atoms with van der Waals surface area (Å²) >= 11 is 1.54. The van der Waals surface area contributed by atoms with Crippen molar-refractivity contribution in [2.24, 2.45) is 5.73 Å². The molecule has 1 amide bonds. The van der Waals surface area contributed by atoms with Crippen LogP contribution in [0.1, 0.15) is 13.8 Å². The summed E-state index contributed by atoms with van der Waals surface area (Å²) in [5.41, 5.74) is 4.63. The summed E-state index contributed by atoms with van der Waals surface area (Å²) in [6, 6.07) is 0. The van der Waals surface area contributed by atoms with E-state index in [0.717, 1.165) is 5.75 Å². The molecule has 0 saturated heterocycles. The smallest absolute Gasteiger partial charge is 0.405 e. The third kappa shape index (κ3) is 5.49. The molecular formula is C5H11NO2S. The number of rotatable bonds is 3. The molecule has 54 valence electrons. The highest BCUT2D eigenvalue weighted by Gasteiger charge is 2.02. The molecule has 0 aromatic heterocycles. The zero-order chi connectivity index (χ0) is 7.28. The van der Waals surface area contributed by atoms with Gasteiger partial charge < -0.3 is 10.5 Å². The van der Waals surface area contributed by atoms with Crippen molar-refractivity contribution >= 4 is 17.9 Å². The largest absolute Gasteiger partial charge is 0.436 e. The van der Waals surface area contributed by atoms with Crippen molar-refractivity contribution in [2.45, 2.75) is 19.3 Å². The van der Waals surface area contributed by atoms with Gasteiger partial charge in [-0.2, -0.15) is 0 Å². The Bertz CT molecular complexity index is 97.0. The lowest BCUT2D eigenvalue weighted by Gasteiger charge is -2.07. The Kier molecular flexibility index (Phi) is 4.30. The van der Waals surface area contributed by atoms with Crippen LogP contribution in [0.25, 0.3) is 0 Å². The molecule has 0 aromatic carbocycles. The minimum Gasteiger partial charge on any atom is -0.436 e. The fourth-order valence-electron chi connectivity index (χ4n) is 0.432. The first-order valence-electron chi connectivity index (χ1n) is 2.74. The Morgan fingerprint density at radius 2 is 2.44 bits per heavy atom. The van der Waals surface area contributed by atoms with Crippen molar-refractivity contribution in [3.05, 3.63) is 0 Å². The van der Waals surface area contributed by atoms with Crippen LogP contribution in [0.2, 0.25) is 0 Å². The second kappa shape index (κ2) is 4.49. The van der Waals surface area contributed by atoms with Crippen molar-refractivity contribution in [2.75, 3.05) is 5.75 Å². The molecule has 0 aromatic rings. The Balaban J connectivity index is 3.26. The highest BCUT2D eigenvalue weighted by atomic mass is 32.2. The molecule has 0 heterocycles. The van der Waals surface area contributed by atoms with E-state index in [0.29, 0.717) is 0 Å². The quantitative estimate of drug-likeness (QED) is 0.613. The predicted molar refractivity (Wildman–Crippen MR) is 38.3 cm³/mol. The zero-order valence-electron chi connectivity index (χ0n) is 5.59. The molecule has 0 bridgehead atoms. The van der Waals surface area contributed by atoms with E-state index >= 15 is 0 Å². The lowest BCUT2D eigenvalue weighted by molar-refractivity contribution is 0.152. The standard InChI is InChI=1S/C5H11NO2S/c1-3-9-4(2)8-5(6)7/h4H,3H2,1-2H3,(H2,6,7). The van der Waals surface area contributed by atoms with Crippen LogP contribution in [0, 0.1) is 0 Å². The molecule has 0 aliphatic rings. The molecule has 1 atom stereocenters. The van der Waals surface area contributed by atoms with Gasteiger partial charge in [-0.15, -0.1) is 11.8 Å². The van der Waals surface area contributed by atoms with Crippen LogP contribution in [0.4, 0.5) is 4.79 Å². The van der Waals surface area contributed by atoms with E-state index in [9.17, 15) is 4.79 Å². The van der Waals surface area contributed by atoms with Crippen molar-refractivity contribution in [1.29, 1.82) is 0 Å². The fraction of sp³-hybridized carbons (Fsp3) is 0.800. The molecule has 0 spiro atoms. The molecule has 0 radical (unpaired) electrons. The first kappa shape index (κ1) is 8.62. The number of primary amides is 1. The van der Waals surface area contributed by atoms with Crippen molar-refractivity contribution in [3.8, 4) is 0 Å². The molecule has 0 fully saturated rings. The number of ether oxygens (including phenoxy) is 1. The number of nitrogens with two attached hydrogens (primary N) is 1. The van der Waals surface area contributed by atoms with Crippen molar-refractivity contribution < 1.29 is 9.53 Å². The Morgan fingerprint density at radius 1 is 1.89 bits per heavy atom. The van der Waals surface area contributed by atoms with Crippen LogP contribution in [0.5, 0.6) is 0 Å². The highest BCUT2D eigenvalue weighted by Crippen LogP contribution is 2.09. The van der Waals surface area contributed by atoms with Gasteiger partial charge in [-0.05, 0) is 12.7 Å². The summed E-state index contributed by atoms with van der Waals surface area (Å²) in [6.07, 6.45) is -0.705. The normalized spacial score (nSPS) is 12.7. The summed E-state index contributed by atoms with van der Waals surface area (Å²) in [6.45, 7) is 3.78. The van der Waals surface area contributed by atoms with Crippen LogP contribution in [-0.4, -0.2) is 17.3 Å². The minimum absolute atomic E-state index is 0.118. The summed E-state index contributed by atoms with van der Waals surface area (Å²) in [5.74, 6) is 0.925. The SMILES string of the molecule is CCSC(C)OC(N)=O. The lowest BCUT2D eigenvalue weighted by Crippen LogP contribution is -2.18. The number of hydrogen-bond acceptors (Lipinski definition) is 3. The summed E-state index contributed by atoms with van der Waals surface area (Å²) < 4.78 is 4.59. The molecule has 0 aliphatic heterocycles. The van der Waals surface area contributed by atoms with Gasteiger partial charge in [0, 0.05) is 0 Å². The summed E-state index contributed by atoms with van der Waals surface area (Å²) in [5, 5.41) is 0. The number of carbonyl (C=O) groups excluding carboxylic acids is 1. The Labute approximate surface area is 58.9 Å². The van der Waals surface area contributed by atoms with Gasteiger partial charge in [-0.25, -0.2) is 4.79 Å². The van der Waals surface area contributed by atoms with E-state index in [1.807, 2.05) is 6.92 Å². The van der Waals surface area contributed by atoms with Gasteiger partial charge in [0.1, 0.15) is 5.44 Å². The Hall–Kier alpha value is -0.380. The molecule has 4 heteroatoms. The average Bonchev–Trinajstić information content (AvgIpc) is 1.63. The van der Waals surface area contributed by atoms with Crippen LogP contribution in [0.3, 0.4) is 0 Å². The maximum atomic E-state index is 10.1. The maximum absolute atomic E-state index is 10.1. The first-order valence-corrected chi connectivity index (χ1v) is 3.79. The number of thioether (sulfide) groups is 1. The Morgan fingerprint density at radius 3 is 2.78 bits per heavy atom. The van der Waals surface area contributed by atoms with E-state index < -0.39 is 6.09 Å². The van der Waals surface area contributed by atoms with E-state index in [4.69, 9.17) is 5.73 Å². The zero-order valence-corrected chi connectivity index (χ0v) is 6.40. The topological polar surface area (TPSA) is 52.3 Å². The molecule has 0 rings (SSSR count). The predicted octanol–water partition coefficient (Wildman–Crippen LogP) is 1.18. The highest BCUT2D eigenvalue weighted by molar-refractivity contribution is 7.99. The van der Waals surface area contributed by atoms with E-state index in [1.165, 1.54) is 11.8 Å². The van der Waals surface area contributed by atoms with Gasteiger partial charge >= 0.3 is 6.09 Å². The fourth-order valence-corrected chi connectivity index (χ4v) is 1.06. The van der Waals surface area contributed by atoms with Gasteiger partial charge in [0.25, 0.3) is 0 Å². The minimum atomic E-state index is -0.705. The van der Waals surface area contributed by atoms with Crippen molar-refractivity contribution in [1.82, 2.24) is 0 Å². The monoisotopic (exact) mass is 149 g/mol. The van der Waals surface area contributed by atoms with Crippen molar-refractivity contribution in [3.63, 3.8) is 0 Å². The van der Waals surface area contributed by atoms with Crippen LogP contribution in [0.15, 0.2) is 0 Å². The summed E-state index contributed by atoms with van der Waals surface area (Å²) in [7, 11) is 0. The van der Waals surface area contributed by atoms with Gasteiger partial charge in [0.05, 0.1) is 0 Å². The number of carbonyl (C=O) groups is 1. The van der Waals surface area contributed by atoms with Gasteiger partial charge in [0.15, 0.2) is 0 Å². The average molecular weight is 149 g/mol. The van der Waals surface area contributed by atoms with Crippen LogP contribution in [-0.2, 0) is 4.74 Å². The molecule has 1 unspecified atom stereocenters. The number of hydrogen-bond donors (Lipinski definition) is 1. The first-order chi connectivity index (χ1) is 4.16. The second-order valence-corrected chi connectivity index (χ2v) is 3.03. The molecule has 0 saturated carbocycles. The van der Waals surface area contributed by atoms with E-state index in [-0.39, 0.29) is 5.44 Å². The van der Waals surface area contributed by atoms with E-state index in [2.05, 4.69) is 4.74 Å². The molecular weight excluding hydrogens is 138 g/mol. The van der Waals surface area contributed by atoms with Gasteiger partial charge in [-0.3, -0.25) is 0 Å². The molecule has 9 heavy (non-hydrogen) atoms. The molecule has 2 N–H and O–H groups in total. The summed E-state index contributed by atoms with van der Waals surface area (Å²) in [4.78, 5) is 10.1. The van der Waals surface area contributed by atoms with E-state index in [1.54, 1.807) is 6.92 Å². The second-order valence-electron chi connectivity index (χ2n) is 1.46. The van der Waals surface area contributed by atoms with Gasteiger partial charge in [0.2, 0.25) is 0 Å². The third-order valence-electron chi connectivity index (χ3n) is 0.683. The lowest BCUT2D eigenvalue weighted by atomic mass is 10.8. The molecule has 3 nitrogen and oxygen atoms in total. The van der Waals surface area contributed by atoms with Crippen LogP contribution >= 0.6 is 11.8 Å².